The Labute approximate surface area is 128 Å². The maximum Gasteiger partial charge on any atom is 0.219 e. The highest BCUT2D eigenvalue weighted by atomic mass is 32.2. The molecular formula is C16H16N2O2S. The molecule has 0 aromatic heterocycles. The van der Waals surface area contributed by atoms with E-state index in [1.807, 2.05) is 30.3 Å². The predicted molar refractivity (Wildman–Crippen MR) is 88.1 cm³/mol. The van der Waals surface area contributed by atoms with E-state index in [2.05, 4.69) is 16.1 Å². The minimum atomic E-state index is 0.415. The first-order valence-electron chi connectivity index (χ1n) is 6.53. The number of para-hydroxylation sites is 1. The van der Waals surface area contributed by atoms with Gasteiger partial charge in [-0.1, -0.05) is 24.1 Å². The summed E-state index contributed by atoms with van der Waals surface area (Å²) < 4.78 is 11.1. The zero-order chi connectivity index (χ0) is 14.8. The average Bonchev–Trinajstić information content (AvgIpc) is 2.55. The van der Waals surface area contributed by atoms with Crippen LogP contribution in [-0.4, -0.2) is 36.3 Å². The summed E-state index contributed by atoms with van der Waals surface area (Å²) in [5, 5.41) is 8.07. The number of ether oxygens (including phenoxy) is 2. The molecule has 0 unspecified atom stereocenters. The van der Waals surface area contributed by atoms with E-state index in [9.17, 15) is 0 Å². The zero-order valence-corrected chi connectivity index (χ0v) is 12.4. The van der Waals surface area contributed by atoms with Gasteiger partial charge in [-0.15, -0.1) is 28.4 Å². The molecule has 5 heteroatoms. The van der Waals surface area contributed by atoms with E-state index in [0.717, 1.165) is 17.2 Å². The minimum Gasteiger partial charge on any atom is -0.493 e. The predicted octanol–water partition coefficient (Wildman–Crippen LogP) is 2.77. The van der Waals surface area contributed by atoms with E-state index in [1.54, 1.807) is 23.9 Å². The van der Waals surface area contributed by atoms with E-state index in [-0.39, 0.29) is 0 Å². The van der Waals surface area contributed by atoms with E-state index in [0.29, 0.717) is 24.9 Å². The van der Waals surface area contributed by atoms with Crippen LogP contribution in [-0.2, 0) is 4.74 Å². The molecule has 1 aliphatic heterocycles. The van der Waals surface area contributed by atoms with Crippen molar-refractivity contribution in [1.29, 1.82) is 0 Å². The molecule has 0 fully saturated rings. The van der Waals surface area contributed by atoms with Crippen LogP contribution in [0.3, 0.4) is 0 Å². The van der Waals surface area contributed by atoms with E-state index in [1.165, 1.54) is 0 Å². The van der Waals surface area contributed by atoms with Crippen LogP contribution in [0.2, 0.25) is 0 Å². The molecule has 1 aromatic rings. The van der Waals surface area contributed by atoms with Crippen molar-refractivity contribution in [3.05, 3.63) is 42.5 Å². The second-order valence-electron chi connectivity index (χ2n) is 4.09. The second kappa shape index (κ2) is 8.88. The highest BCUT2D eigenvalue weighted by Gasteiger charge is 2.08. The molecule has 0 radical (unpaired) electrons. The first kappa shape index (κ1) is 15.2. The molecule has 0 saturated carbocycles. The molecule has 4 nitrogen and oxygen atoms in total. The first-order chi connectivity index (χ1) is 10.4. The highest BCUT2D eigenvalue weighted by Crippen LogP contribution is 2.10. The van der Waals surface area contributed by atoms with Crippen molar-refractivity contribution >= 4 is 23.4 Å². The number of hydrogen-bond acceptors (Lipinski definition) is 5. The number of hydrogen-bond donors (Lipinski definition) is 0. The molecule has 0 spiro atoms. The summed E-state index contributed by atoms with van der Waals surface area (Å²) in [5.74, 6) is 5.48. The number of thioether (sulfide) groups is 1. The minimum absolute atomic E-state index is 0.415. The molecular weight excluding hydrogens is 284 g/mol. The van der Waals surface area contributed by atoms with Gasteiger partial charge < -0.3 is 9.47 Å². The van der Waals surface area contributed by atoms with Crippen molar-refractivity contribution in [2.24, 2.45) is 10.2 Å². The number of nitrogens with zero attached hydrogens (tertiary/aromatic N) is 2. The lowest BCUT2D eigenvalue weighted by atomic mass is 10.3. The molecule has 0 atom stereocenters. The van der Waals surface area contributed by atoms with Crippen LogP contribution < -0.4 is 4.74 Å². The van der Waals surface area contributed by atoms with Crippen LogP contribution in [0, 0.1) is 12.3 Å². The maximum absolute atomic E-state index is 5.60. The molecule has 1 aromatic carbocycles. The molecule has 0 amide bonds. The van der Waals surface area contributed by atoms with Crippen LogP contribution in [0.4, 0.5) is 0 Å². The Balaban J connectivity index is 1.63. The molecule has 1 aliphatic rings. The molecule has 2 rings (SSSR count). The van der Waals surface area contributed by atoms with Crippen molar-refractivity contribution < 1.29 is 9.47 Å². The van der Waals surface area contributed by atoms with Crippen LogP contribution in [0.15, 0.2) is 52.7 Å². The topological polar surface area (TPSA) is 43.2 Å². The smallest absolute Gasteiger partial charge is 0.219 e. The molecule has 0 bridgehead atoms. The van der Waals surface area contributed by atoms with Gasteiger partial charge in [0.2, 0.25) is 5.90 Å². The number of terminal acetylenes is 1. The standard InChI is InChI=1S/C16H16N2O2S/c1-2-3-7-14-12-20-16(18-17-14)13-21-11-10-19-15-8-5-4-6-9-15/h1,3-9H,10-13H2/b7-3+. The lowest BCUT2D eigenvalue weighted by Gasteiger charge is -2.12. The fourth-order valence-corrected chi connectivity index (χ4v) is 2.19. The fourth-order valence-electron chi connectivity index (χ4n) is 1.53. The lowest BCUT2D eigenvalue weighted by molar-refractivity contribution is 0.343. The zero-order valence-electron chi connectivity index (χ0n) is 11.6. The third-order valence-electron chi connectivity index (χ3n) is 2.51. The Morgan fingerprint density at radius 2 is 2.19 bits per heavy atom. The summed E-state index contributed by atoms with van der Waals surface area (Å²) in [6, 6.07) is 9.76. The van der Waals surface area contributed by atoms with Crippen molar-refractivity contribution in [3.8, 4) is 18.1 Å². The number of rotatable bonds is 7. The molecule has 0 saturated heterocycles. The third-order valence-corrected chi connectivity index (χ3v) is 3.42. The van der Waals surface area contributed by atoms with Crippen molar-refractivity contribution in [2.45, 2.75) is 0 Å². The second-order valence-corrected chi connectivity index (χ2v) is 5.19. The Kier molecular flexibility index (Phi) is 6.43. The molecule has 0 aliphatic carbocycles. The quantitative estimate of drug-likeness (QED) is 0.574. The van der Waals surface area contributed by atoms with E-state index in [4.69, 9.17) is 15.9 Å². The van der Waals surface area contributed by atoms with Gasteiger partial charge in [0.1, 0.15) is 18.1 Å². The Morgan fingerprint density at radius 3 is 2.90 bits per heavy atom. The molecule has 1 heterocycles. The monoisotopic (exact) mass is 300 g/mol. The summed E-state index contributed by atoms with van der Waals surface area (Å²) in [6.07, 6.45) is 8.43. The Hall–Kier alpha value is -2.19. The van der Waals surface area contributed by atoms with Gasteiger partial charge >= 0.3 is 0 Å². The molecule has 0 N–H and O–H groups in total. The van der Waals surface area contributed by atoms with Gasteiger partial charge in [0.05, 0.1) is 12.4 Å². The first-order valence-corrected chi connectivity index (χ1v) is 7.68. The van der Waals surface area contributed by atoms with Gasteiger partial charge in [-0.05, 0) is 24.3 Å². The van der Waals surface area contributed by atoms with Crippen molar-refractivity contribution in [2.75, 3.05) is 24.7 Å². The van der Waals surface area contributed by atoms with Crippen molar-refractivity contribution in [3.63, 3.8) is 0 Å². The molecule has 21 heavy (non-hydrogen) atoms. The third kappa shape index (κ3) is 5.76. The number of benzene rings is 1. The SMILES string of the molecule is C#C/C=C/C1=NN=C(CSCCOc2ccccc2)OC1. The van der Waals surface area contributed by atoms with Gasteiger partial charge in [-0.3, -0.25) is 0 Å². The van der Waals surface area contributed by atoms with Gasteiger partial charge in [0, 0.05) is 5.75 Å². The van der Waals surface area contributed by atoms with Gasteiger partial charge in [0.15, 0.2) is 0 Å². The van der Waals surface area contributed by atoms with Crippen LogP contribution in [0.1, 0.15) is 0 Å². The maximum atomic E-state index is 5.60. The van der Waals surface area contributed by atoms with Gasteiger partial charge in [0.25, 0.3) is 0 Å². The normalized spacial score (nSPS) is 14.0. The van der Waals surface area contributed by atoms with E-state index >= 15 is 0 Å². The summed E-state index contributed by atoms with van der Waals surface area (Å²) in [5.41, 5.74) is 0.731. The lowest BCUT2D eigenvalue weighted by Crippen LogP contribution is -2.18. The van der Waals surface area contributed by atoms with Crippen LogP contribution >= 0.6 is 11.8 Å². The summed E-state index contributed by atoms with van der Waals surface area (Å²) in [6.45, 7) is 1.07. The highest BCUT2D eigenvalue weighted by molar-refractivity contribution is 7.99. The van der Waals surface area contributed by atoms with E-state index < -0.39 is 0 Å². The van der Waals surface area contributed by atoms with Crippen LogP contribution in [0.5, 0.6) is 5.75 Å². The van der Waals surface area contributed by atoms with Crippen LogP contribution in [0.25, 0.3) is 0 Å². The van der Waals surface area contributed by atoms with Crippen molar-refractivity contribution in [1.82, 2.24) is 0 Å². The summed E-state index contributed by atoms with van der Waals surface area (Å²) in [7, 11) is 0. The molecule has 108 valence electrons. The number of allylic oxidation sites excluding steroid dienone is 1. The summed E-state index contributed by atoms with van der Waals surface area (Å²) >= 11 is 1.70. The van der Waals surface area contributed by atoms with Gasteiger partial charge in [-0.25, -0.2) is 0 Å². The Morgan fingerprint density at radius 1 is 1.33 bits per heavy atom. The Bertz CT molecular complexity index is 574. The summed E-state index contributed by atoms with van der Waals surface area (Å²) in [4.78, 5) is 0. The average molecular weight is 300 g/mol. The fraction of sp³-hybridized carbons (Fsp3) is 0.250. The largest absolute Gasteiger partial charge is 0.493 e. The van der Waals surface area contributed by atoms with Gasteiger partial charge in [-0.2, -0.15) is 0 Å².